The van der Waals surface area contributed by atoms with Gasteiger partial charge in [0.2, 0.25) is 0 Å². The van der Waals surface area contributed by atoms with Crippen LogP contribution >= 0.6 is 0 Å². The summed E-state index contributed by atoms with van der Waals surface area (Å²) in [6.07, 6.45) is 8.67. The molecule has 0 aliphatic heterocycles. The summed E-state index contributed by atoms with van der Waals surface area (Å²) < 4.78 is 0. The van der Waals surface area contributed by atoms with Crippen molar-refractivity contribution in [2.24, 2.45) is 17.8 Å². The largest absolute Gasteiger partial charge is 0.311 e. The fourth-order valence-corrected chi connectivity index (χ4v) is 3.23. The zero-order valence-corrected chi connectivity index (χ0v) is 10.6. The highest BCUT2D eigenvalue weighted by Gasteiger charge is 2.31. The molecule has 1 N–H and O–H groups in total. The summed E-state index contributed by atoms with van der Waals surface area (Å²) in [4.78, 5) is 0. The molecule has 1 heteroatoms. The maximum Gasteiger partial charge on any atom is 0.00978 e. The summed E-state index contributed by atoms with van der Waals surface area (Å²) in [5.41, 5.74) is 0. The predicted octanol–water partition coefficient (Wildman–Crippen LogP) is 3.59. The Bertz CT molecular complexity index is 198. The smallest absolute Gasteiger partial charge is 0.00978 e. The Morgan fingerprint density at radius 3 is 2.27 bits per heavy atom. The quantitative estimate of drug-likeness (QED) is 0.749. The van der Waals surface area contributed by atoms with Crippen molar-refractivity contribution < 1.29 is 0 Å². The Hall–Kier alpha value is -0.0400. The molecule has 1 nitrogen and oxygen atoms in total. The molecule has 0 saturated heterocycles. The van der Waals surface area contributed by atoms with Gasteiger partial charge in [0.1, 0.15) is 0 Å². The predicted molar refractivity (Wildman–Crippen MR) is 65.9 cm³/mol. The molecule has 4 atom stereocenters. The Kier molecular flexibility index (Phi) is 3.71. The highest BCUT2D eigenvalue weighted by molar-refractivity contribution is 4.87. The fraction of sp³-hybridized carbons (Fsp3) is 1.00. The molecular formula is C14H27N. The molecule has 0 amide bonds. The minimum Gasteiger partial charge on any atom is -0.311 e. The van der Waals surface area contributed by atoms with Crippen molar-refractivity contribution in [1.82, 2.24) is 5.32 Å². The van der Waals surface area contributed by atoms with Gasteiger partial charge in [-0.3, -0.25) is 0 Å². The van der Waals surface area contributed by atoms with E-state index in [1.165, 1.54) is 38.5 Å². The van der Waals surface area contributed by atoms with Crippen LogP contribution in [0.3, 0.4) is 0 Å². The molecule has 2 fully saturated rings. The normalized spacial score (nSPS) is 39.8. The fourth-order valence-electron chi connectivity index (χ4n) is 3.23. The van der Waals surface area contributed by atoms with Gasteiger partial charge in [-0.1, -0.05) is 33.1 Å². The maximum absolute atomic E-state index is 3.90. The van der Waals surface area contributed by atoms with Crippen LogP contribution in [0.1, 0.15) is 59.3 Å². The van der Waals surface area contributed by atoms with Crippen LogP contribution in [0.2, 0.25) is 0 Å². The van der Waals surface area contributed by atoms with Gasteiger partial charge in [0.25, 0.3) is 0 Å². The van der Waals surface area contributed by atoms with Crippen LogP contribution in [0.5, 0.6) is 0 Å². The van der Waals surface area contributed by atoms with Gasteiger partial charge < -0.3 is 5.32 Å². The molecule has 0 aromatic heterocycles. The first kappa shape index (κ1) is 11.4. The minimum atomic E-state index is 0.761. The van der Waals surface area contributed by atoms with E-state index < -0.39 is 0 Å². The molecule has 2 rings (SSSR count). The number of rotatable bonds is 3. The second kappa shape index (κ2) is 4.86. The zero-order valence-electron chi connectivity index (χ0n) is 10.6. The molecule has 0 bridgehead atoms. The monoisotopic (exact) mass is 209 g/mol. The molecule has 88 valence electrons. The van der Waals surface area contributed by atoms with E-state index in [2.05, 4.69) is 26.1 Å². The van der Waals surface area contributed by atoms with Crippen molar-refractivity contribution in [1.29, 1.82) is 0 Å². The lowest BCUT2D eigenvalue weighted by molar-refractivity contribution is 0.157. The van der Waals surface area contributed by atoms with Gasteiger partial charge in [-0.2, -0.15) is 0 Å². The maximum atomic E-state index is 3.90. The van der Waals surface area contributed by atoms with Crippen LogP contribution in [0.4, 0.5) is 0 Å². The van der Waals surface area contributed by atoms with Gasteiger partial charge in [0.05, 0.1) is 0 Å². The van der Waals surface area contributed by atoms with Crippen LogP contribution in [0.25, 0.3) is 0 Å². The Balaban J connectivity index is 1.81. The molecule has 15 heavy (non-hydrogen) atoms. The molecule has 4 unspecified atom stereocenters. The average Bonchev–Trinajstić information content (AvgIpc) is 2.10. The Morgan fingerprint density at radius 1 is 1.00 bits per heavy atom. The van der Waals surface area contributed by atoms with E-state index in [0.29, 0.717) is 0 Å². The molecule has 2 aliphatic carbocycles. The van der Waals surface area contributed by atoms with Gasteiger partial charge in [-0.15, -0.1) is 0 Å². The molecular weight excluding hydrogens is 182 g/mol. The van der Waals surface area contributed by atoms with Crippen molar-refractivity contribution >= 4 is 0 Å². The van der Waals surface area contributed by atoms with Crippen LogP contribution in [-0.2, 0) is 0 Å². The molecule has 2 saturated carbocycles. The molecule has 0 aromatic rings. The summed E-state index contributed by atoms with van der Waals surface area (Å²) in [6.45, 7) is 7.26. The number of nitrogens with one attached hydrogen (secondary N) is 1. The van der Waals surface area contributed by atoms with Crippen molar-refractivity contribution in [3.8, 4) is 0 Å². The highest BCUT2D eigenvalue weighted by Crippen LogP contribution is 2.33. The van der Waals surface area contributed by atoms with Gasteiger partial charge in [0.15, 0.2) is 0 Å². The van der Waals surface area contributed by atoms with Crippen LogP contribution in [-0.4, -0.2) is 12.1 Å². The van der Waals surface area contributed by atoms with Crippen LogP contribution < -0.4 is 5.32 Å². The molecule has 0 spiro atoms. The summed E-state index contributed by atoms with van der Waals surface area (Å²) >= 11 is 0. The molecule has 0 heterocycles. The van der Waals surface area contributed by atoms with Gasteiger partial charge in [0, 0.05) is 12.1 Å². The molecule has 2 aliphatic rings. The van der Waals surface area contributed by atoms with Gasteiger partial charge in [-0.05, 0) is 43.9 Å². The van der Waals surface area contributed by atoms with Crippen molar-refractivity contribution in [3.63, 3.8) is 0 Å². The van der Waals surface area contributed by atoms with Gasteiger partial charge >= 0.3 is 0 Å². The first-order valence-electron chi connectivity index (χ1n) is 6.94. The first-order valence-corrected chi connectivity index (χ1v) is 6.94. The van der Waals surface area contributed by atoms with E-state index in [1.807, 2.05) is 0 Å². The Labute approximate surface area is 95.0 Å². The number of hydrogen-bond donors (Lipinski definition) is 1. The summed E-state index contributed by atoms with van der Waals surface area (Å²) in [5, 5.41) is 3.90. The first-order chi connectivity index (χ1) is 7.18. The zero-order chi connectivity index (χ0) is 10.8. The number of hydrogen-bond acceptors (Lipinski definition) is 1. The summed E-state index contributed by atoms with van der Waals surface area (Å²) in [5.74, 6) is 2.78. The lowest BCUT2D eigenvalue weighted by Crippen LogP contribution is -2.48. The minimum absolute atomic E-state index is 0.761. The van der Waals surface area contributed by atoms with Crippen LogP contribution in [0.15, 0.2) is 0 Å². The van der Waals surface area contributed by atoms with Crippen molar-refractivity contribution in [2.75, 3.05) is 0 Å². The molecule has 0 aromatic carbocycles. The second-order valence-electron chi connectivity index (χ2n) is 6.02. The molecule has 0 radical (unpaired) electrons. The van der Waals surface area contributed by atoms with Crippen molar-refractivity contribution in [3.05, 3.63) is 0 Å². The average molecular weight is 209 g/mol. The Morgan fingerprint density at radius 2 is 1.67 bits per heavy atom. The van der Waals surface area contributed by atoms with E-state index in [9.17, 15) is 0 Å². The van der Waals surface area contributed by atoms with E-state index in [-0.39, 0.29) is 0 Å². The second-order valence-corrected chi connectivity index (χ2v) is 6.02. The van der Waals surface area contributed by atoms with E-state index >= 15 is 0 Å². The summed E-state index contributed by atoms with van der Waals surface area (Å²) in [7, 11) is 0. The van der Waals surface area contributed by atoms with E-state index in [0.717, 1.165) is 29.8 Å². The summed E-state index contributed by atoms with van der Waals surface area (Å²) in [6, 6.07) is 1.56. The third kappa shape index (κ3) is 2.55. The third-order valence-corrected chi connectivity index (χ3v) is 5.04. The topological polar surface area (TPSA) is 12.0 Å². The van der Waals surface area contributed by atoms with Crippen molar-refractivity contribution in [2.45, 2.75) is 71.4 Å². The SMILES string of the molecule is CC1CCCC(NC(C)C2CCC2)C1C. The highest BCUT2D eigenvalue weighted by atomic mass is 15.0. The lowest BCUT2D eigenvalue weighted by atomic mass is 9.76. The lowest BCUT2D eigenvalue weighted by Gasteiger charge is -2.40. The standard InChI is InChI=1S/C14H27N/c1-10-6-4-9-14(11(10)2)15-12(3)13-7-5-8-13/h10-15H,4-9H2,1-3H3. The van der Waals surface area contributed by atoms with E-state index in [4.69, 9.17) is 0 Å². The third-order valence-electron chi connectivity index (χ3n) is 5.04. The van der Waals surface area contributed by atoms with E-state index in [1.54, 1.807) is 0 Å². The van der Waals surface area contributed by atoms with Crippen LogP contribution in [0, 0.1) is 17.8 Å². The van der Waals surface area contributed by atoms with Gasteiger partial charge in [-0.25, -0.2) is 0 Å².